The second-order valence-corrected chi connectivity index (χ2v) is 5.85. The molecule has 1 N–H and O–H groups in total. The Morgan fingerprint density at radius 1 is 1.12 bits per heavy atom. The van der Waals surface area contributed by atoms with Crippen LogP contribution < -0.4 is 5.32 Å². The molecule has 0 bridgehead atoms. The third kappa shape index (κ3) is 4.56. The standard InChI is InChI=1S/C16H17F4NO3/c1-5-24-15(23)9(7-21-16(2,3)4)14(22)8-6-10(17)12(19)13(20)11(8)18/h6-7,21H,5H2,1-4H3. The number of ketones is 1. The lowest BCUT2D eigenvalue weighted by Gasteiger charge is -2.19. The third-order valence-electron chi connectivity index (χ3n) is 2.74. The van der Waals surface area contributed by atoms with Gasteiger partial charge in [0.05, 0.1) is 12.2 Å². The lowest BCUT2D eigenvalue weighted by atomic mass is 10.0. The average molecular weight is 347 g/mol. The van der Waals surface area contributed by atoms with Gasteiger partial charge in [0.25, 0.3) is 0 Å². The fourth-order valence-corrected chi connectivity index (χ4v) is 1.60. The van der Waals surface area contributed by atoms with E-state index in [0.717, 1.165) is 6.20 Å². The number of Topliss-reactive ketones (excluding diaryl/α,β-unsaturated/α-hetero) is 1. The molecule has 1 rings (SSSR count). The van der Waals surface area contributed by atoms with Crippen LogP contribution in [-0.4, -0.2) is 23.9 Å². The highest BCUT2D eigenvalue weighted by Gasteiger charge is 2.29. The Morgan fingerprint density at radius 2 is 1.71 bits per heavy atom. The molecule has 0 amide bonds. The Kier molecular flexibility index (Phi) is 6.11. The van der Waals surface area contributed by atoms with Gasteiger partial charge in [-0.1, -0.05) is 0 Å². The van der Waals surface area contributed by atoms with Gasteiger partial charge in [-0.05, 0) is 33.8 Å². The van der Waals surface area contributed by atoms with Gasteiger partial charge in [-0.2, -0.15) is 0 Å². The molecule has 1 aromatic rings. The fourth-order valence-electron chi connectivity index (χ4n) is 1.60. The maximum Gasteiger partial charge on any atom is 0.343 e. The number of hydrogen-bond acceptors (Lipinski definition) is 4. The van der Waals surface area contributed by atoms with Crippen molar-refractivity contribution in [2.75, 3.05) is 6.61 Å². The van der Waals surface area contributed by atoms with E-state index in [4.69, 9.17) is 0 Å². The molecule has 0 heterocycles. The Morgan fingerprint density at radius 3 is 2.21 bits per heavy atom. The summed E-state index contributed by atoms with van der Waals surface area (Å²) >= 11 is 0. The number of rotatable bonds is 5. The normalized spacial score (nSPS) is 12.1. The maximum absolute atomic E-state index is 13.8. The number of carbonyl (C=O) groups is 2. The number of ether oxygens (including phenoxy) is 1. The molecule has 8 heteroatoms. The Balaban J connectivity index is 3.39. The van der Waals surface area contributed by atoms with E-state index in [-0.39, 0.29) is 12.7 Å². The summed E-state index contributed by atoms with van der Waals surface area (Å²) in [5.74, 6) is -10.2. The minimum atomic E-state index is -2.13. The van der Waals surface area contributed by atoms with Gasteiger partial charge in [0.1, 0.15) is 5.57 Å². The van der Waals surface area contributed by atoms with Gasteiger partial charge in [-0.15, -0.1) is 0 Å². The first-order valence-electron chi connectivity index (χ1n) is 7.02. The number of hydrogen-bond donors (Lipinski definition) is 1. The minimum Gasteiger partial charge on any atom is -0.462 e. The topological polar surface area (TPSA) is 55.4 Å². The van der Waals surface area contributed by atoms with Crippen molar-refractivity contribution in [1.29, 1.82) is 0 Å². The maximum atomic E-state index is 13.8. The van der Waals surface area contributed by atoms with Crippen LogP contribution >= 0.6 is 0 Å². The number of halogens is 4. The molecule has 0 spiro atoms. The molecule has 0 aliphatic heterocycles. The van der Waals surface area contributed by atoms with Gasteiger partial charge in [0.15, 0.2) is 23.3 Å². The highest BCUT2D eigenvalue weighted by molar-refractivity contribution is 6.24. The summed E-state index contributed by atoms with van der Waals surface area (Å²) in [5, 5.41) is 2.70. The van der Waals surface area contributed by atoms with E-state index in [0.29, 0.717) is 0 Å². The molecule has 0 aliphatic carbocycles. The van der Waals surface area contributed by atoms with Gasteiger partial charge in [0.2, 0.25) is 5.78 Å². The van der Waals surface area contributed by atoms with Gasteiger partial charge < -0.3 is 10.1 Å². The predicted octanol–water partition coefficient (Wildman–Crippen LogP) is 3.26. The zero-order chi connectivity index (χ0) is 18.7. The first-order valence-corrected chi connectivity index (χ1v) is 7.02. The van der Waals surface area contributed by atoms with Crippen LogP contribution in [0.15, 0.2) is 17.8 Å². The summed E-state index contributed by atoms with van der Waals surface area (Å²) in [6.45, 7) is 6.56. The summed E-state index contributed by atoms with van der Waals surface area (Å²) in [4.78, 5) is 24.2. The van der Waals surface area contributed by atoms with E-state index in [1.807, 2.05) is 0 Å². The monoisotopic (exact) mass is 347 g/mol. The molecule has 0 fully saturated rings. The van der Waals surface area contributed by atoms with Gasteiger partial charge in [-0.25, -0.2) is 22.4 Å². The van der Waals surface area contributed by atoms with Gasteiger partial charge in [0, 0.05) is 11.7 Å². The van der Waals surface area contributed by atoms with E-state index >= 15 is 0 Å². The average Bonchev–Trinajstić information content (AvgIpc) is 2.48. The Bertz CT molecular complexity index is 694. The van der Waals surface area contributed by atoms with Crippen molar-refractivity contribution in [2.24, 2.45) is 0 Å². The zero-order valence-electron chi connectivity index (χ0n) is 13.6. The third-order valence-corrected chi connectivity index (χ3v) is 2.74. The molecule has 0 atom stereocenters. The number of carbonyl (C=O) groups excluding carboxylic acids is 2. The molecule has 0 saturated carbocycles. The summed E-state index contributed by atoms with van der Waals surface area (Å²) in [7, 11) is 0. The molecular weight excluding hydrogens is 330 g/mol. The molecule has 0 unspecified atom stereocenters. The predicted molar refractivity (Wildman–Crippen MR) is 78.2 cm³/mol. The highest BCUT2D eigenvalue weighted by atomic mass is 19.2. The van der Waals surface area contributed by atoms with Crippen molar-refractivity contribution in [2.45, 2.75) is 33.2 Å². The van der Waals surface area contributed by atoms with Crippen LogP contribution in [0.5, 0.6) is 0 Å². The van der Waals surface area contributed by atoms with Crippen molar-refractivity contribution >= 4 is 11.8 Å². The van der Waals surface area contributed by atoms with Crippen molar-refractivity contribution in [3.63, 3.8) is 0 Å². The second-order valence-electron chi connectivity index (χ2n) is 5.85. The molecule has 24 heavy (non-hydrogen) atoms. The minimum absolute atomic E-state index is 0.0758. The zero-order valence-corrected chi connectivity index (χ0v) is 13.6. The van der Waals surface area contributed by atoms with Gasteiger partial charge >= 0.3 is 5.97 Å². The summed E-state index contributed by atoms with van der Waals surface area (Å²) in [5.41, 5.74) is -2.34. The van der Waals surface area contributed by atoms with E-state index < -0.39 is 51.7 Å². The Hall–Kier alpha value is -2.38. The number of nitrogens with one attached hydrogen (secondary N) is 1. The molecule has 132 valence electrons. The van der Waals surface area contributed by atoms with Crippen molar-refractivity contribution in [3.05, 3.63) is 46.7 Å². The van der Waals surface area contributed by atoms with Crippen LogP contribution in [0.1, 0.15) is 38.1 Å². The van der Waals surface area contributed by atoms with Crippen LogP contribution in [0, 0.1) is 23.3 Å². The quantitative estimate of drug-likeness (QED) is 0.130. The molecular formula is C16H17F4NO3. The smallest absolute Gasteiger partial charge is 0.343 e. The summed E-state index contributed by atoms with van der Waals surface area (Å²) in [6.07, 6.45) is 0.971. The number of benzene rings is 1. The molecule has 0 radical (unpaired) electrons. The fraction of sp³-hybridized carbons (Fsp3) is 0.375. The molecule has 0 aromatic heterocycles. The lowest BCUT2D eigenvalue weighted by molar-refractivity contribution is -0.138. The van der Waals surface area contributed by atoms with E-state index in [1.54, 1.807) is 20.8 Å². The summed E-state index contributed by atoms with van der Waals surface area (Å²) in [6, 6.07) is 0.195. The lowest BCUT2D eigenvalue weighted by Crippen LogP contribution is -2.33. The van der Waals surface area contributed by atoms with Crippen LogP contribution in [0.3, 0.4) is 0 Å². The van der Waals surface area contributed by atoms with Gasteiger partial charge in [-0.3, -0.25) is 4.79 Å². The molecule has 0 aliphatic rings. The van der Waals surface area contributed by atoms with E-state index in [2.05, 4.69) is 10.1 Å². The molecule has 4 nitrogen and oxygen atoms in total. The van der Waals surface area contributed by atoms with Crippen LogP contribution in [0.25, 0.3) is 0 Å². The first kappa shape index (κ1) is 19.7. The SMILES string of the molecule is CCOC(=O)C(=CNC(C)(C)C)C(=O)c1cc(F)c(F)c(F)c1F. The van der Waals surface area contributed by atoms with E-state index in [1.165, 1.54) is 6.92 Å². The van der Waals surface area contributed by atoms with Crippen LogP contribution in [0.2, 0.25) is 0 Å². The highest BCUT2D eigenvalue weighted by Crippen LogP contribution is 2.21. The van der Waals surface area contributed by atoms with Crippen molar-refractivity contribution < 1.29 is 31.9 Å². The summed E-state index contributed by atoms with van der Waals surface area (Å²) < 4.78 is 58.0. The van der Waals surface area contributed by atoms with Crippen LogP contribution in [-0.2, 0) is 9.53 Å². The van der Waals surface area contributed by atoms with Crippen LogP contribution in [0.4, 0.5) is 17.6 Å². The van der Waals surface area contributed by atoms with E-state index in [9.17, 15) is 27.2 Å². The number of esters is 1. The molecule has 1 aromatic carbocycles. The first-order chi connectivity index (χ1) is 11.0. The second kappa shape index (κ2) is 7.46. The van der Waals surface area contributed by atoms with Crippen molar-refractivity contribution in [1.82, 2.24) is 5.32 Å². The largest absolute Gasteiger partial charge is 0.462 e. The Labute approximate surface area is 136 Å². The molecule has 0 saturated heterocycles. The van der Waals surface area contributed by atoms with Crippen molar-refractivity contribution in [3.8, 4) is 0 Å².